The quantitative estimate of drug-likeness (QED) is 0.248. The fourth-order valence-corrected chi connectivity index (χ4v) is 5.94. The van der Waals surface area contributed by atoms with E-state index in [1.165, 1.54) is 11.1 Å². The lowest BCUT2D eigenvalue weighted by Crippen LogP contribution is -2.21. The maximum atomic E-state index is 12.5. The third kappa shape index (κ3) is 8.21. The van der Waals surface area contributed by atoms with E-state index in [9.17, 15) is 9.59 Å². The molecule has 1 aliphatic carbocycles. The number of rotatable bonds is 15. The van der Waals surface area contributed by atoms with Crippen LogP contribution in [0, 0.1) is 17.3 Å². The monoisotopic (exact) mass is 496 g/mol. The van der Waals surface area contributed by atoms with Crippen LogP contribution in [-0.4, -0.2) is 24.8 Å². The van der Waals surface area contributed by atoms with E-state index in [-0.39, 0.29) is 11.3 Å². The van der Waals surface area contributed by atoms with Crippen molar-refractivity contribution in [2.75, 3.05) is 13.2 Å². The van der Waals surface area contributed by atoms with Crippen molar-refractivity contribution in [3.8, 4) is 5.75 Å². The molecule has 0 amide bonds. The van der Waals surface area contributed by atoms with Crippen molar-refractivity contribution in [1.29, 1.82) is 0 Å². The lowest BCUT2D eigenvalue weighted by molar-refractivity contribution is -0.120. The highest BCUT2D eigenvalue weighted by molar-refractivity contribution is 5.85. The molecule has 4 heteroatoms. The van der Waals surface area contributed by atoms with Gasteiger partial charge in [0.2, 0.25) is 0 Å². The molecule has 0 N–H and O–H groups in total. The first kappa shape index (κ1) is 28.5. The van der Waals surface area contributed by atoms with Gasteiger partial charge in [-0.25, -0.2) is 0 Å². The van der Waals surface area contributed by atoms with Gasteiger partial charge in [-0.1, -0.05) is 33.3 Å². The second-order valence-corrected chi connectivity index (χ2v) is 11.3. The Hall–Kier alpha value is -2.10. The van der Waals surface area contributed by atoms with E-state index in [0.717, 1.165) is 81.5 Å². The van der Waals surface area contributed by atoms with E-state index < -0.39 is 0 Å². The van der Waals surface area contributed by atoms with Crippen LogP contribution in [0.2, 0.25) is 0 Å². The molecule has 2 atom stereocenters. The Balaban J connectivity index is 1.68. The molecule has 36 heavy (non-hydrogen) atoms. The third-order valence-corrected chi connectivity index (χ3v) is 8.14. The van der Waals surface area contributed by atoms with E-state index in [4.69, 9.17) is 9.47 Å². The molecule has 0 aromatic heterocycles. The molecule has 4 nitrogen and oxygen atoms in total. The summed E-state index contributed by atoms with van der Waals surface area (Å²) in [6.07, 6.45) is 11.3. The van der Waals surface area contributed by atoms with Crippen LogP contribution in [0.25, 0.3) is 0 Å². The molecule has 2 unspecified atom stereocenters. The van der Waals surface area contributed by atoms with Gasteiger partial charge in [-0.2, -0.15) is 0 Å². The number of hydrogen-bond donors (Lipinski definition) is 0. The first-order chi connectivity index (χ1) is 17.3. The van der Waals surface area contributed by atoms with Gasteiger partial charge in [-0.15, -0.1) is 0 Å². The smallest absolute Gasteiger partial charge is 0.140 e. The molecule has 3 rings (SSSR count). The maximum absolute atomic E-state index is 12.5. The molecule has 1 aromatic carbocycles. The van der Waals surface area contributed by atoms with Gasteiger partial charge in [0.25, 0.3) is 0 Å². The number of ether oxygens (including phenoxy) is 2. The molecular weight excluding hydrogens is 448 g/mol. The number of allylic oxidation sites excluding steroid dienone is 2. The minimum absolute atomic E-state index is 0.0902. The van der Waals surface area contributed by atoms with E-state index in [1.54, 1.807) is 0 Å². The van der Waals surface area contributed by atoms with Crippen molar-refractivity contribution in [1.82, 2.24) is 0 Å². The minimum atomic E-state index is 0.0902. The molecule has 1 heterocycles. The van der Waals surface area contributed by atoms with Gasteiger partial charge in [-0.3, -0.25) is 9.59 Å². The molecule has 1 aliphatic heterocycles. The van der Waals surface area contributed by atoms with Crippen LogP contribution in [0.4, 0.5) is 0 Å². The Morgan fingerprint density at radius 2 is 1.81 bits per heavy atom. The first-order valence-corrected chi connectivity index (χ1v) is 14.4. The van der Waals surface area contributed by atoms with Crippen LogP contribution in [0.15, 0.2) is 29.5 Å². The van der Waals surface area contributed by atoms with Gasteiger partial charge in [0, 0.05) is 25.2 Å². The fourth-order valence-electron chi connectivity index (χ4n) is 5.94. The highest BCUT2D eigenvalue weighted by Gasteiger charge is 2.33. The summed E-state index contributed by atoms with van der Waals surface area (Å²) in [5, 5.41) is 0. The molecule has 1 aromatic rings. The molecule has 200 valence electrons. The lowest BCUT2D eigenvalue weighted by atomic mass is 9.71. The van der Waals surface area contributed by atoms with Gasteiger partial charge < -0.3 is 9.47 Å². The lowest BCUT2D eigenvalue weighted by Gasteiger charge is -2.33. The second kappa shape index (κ2) is 13.4. The van der Waals surface area contributed by atoms with Crippen LogP contribution < -0.4 is 4.74 Å². The third-order valence-electron chi connectivity index (χ3n) is 8.14. The molecule has 2 aliphatic rings. The largest absolute Gasteiger partial charge is 0.498 e. The predicted octanol–water partition coefficient (Wildman–Crippen LogP) is 7.81. The van der Waals surface area contributed by atoms with Crippen LogP contribution in [0.5, 0.6) is 5.75 Å². The number of Topliss-reactive ketones (excluding diaryl/α,β-unsaturated/α-hetero) is 2. The van der Waals surface area contributed by atoms with Crippen molar-refractivity contribution in [3.63, 3.8) is 0 Å². The summed E-state index contributed by atoms with van der Waals surface area (Å²) in [4.78, 5) is 24.3. The van der Waals surface area contributed by atoms with Gasteiger partial charge in [0.1, 0.15) is 17.3 Å². The van der Waals surface area contributed by atoms with Crippen molar-refractivity contribution in [2.45, 2.75) is 112 Å². The highest BCUT2D eigenvalue weighted by Crippen LogP contribution is 2.44. The fraction of sp³-hybridized carbons (Fsp3) is 0.688. The molecule has 0 saturated heterocycles. The van der Waals surface area contributed by atoms with E-state index in [1.807, 2.05) is 19.9 Å². The highest BCUT2D eigenvalue weighted by atomic mass is 16.5. The molecule has 0 bridgehead atoms. The number of ketones is 2. The Kier molecular flexibility index (Phi) is 10.6. The predicted molar refractivity (Wildman–Crippen MR) is 146 cm³/mol. The second-order valence-electron chi connectivity index (χ2n) is 11.3. The van der Waals surface area contributed by atoms with Crippen LogP contribution in [0.1, 0.15) is 110 Å². The van der Waals surface area contributed by atoms with Gasteiger partial charge in [0.15, 0.2) is 0 Å². The average Bonchev–Trinajstić information content (AvgIpc) is 3.69. The zero-order valence-electron chi connectivity index (χ0n) is 23.4. The Morgan fingerprint density at radius 3 is 2.47 bits per heavy atom. The topological polar surface area (TPSA) is 52.6 Å². The number of hydrogen-bond acceptors (Lipinski definition) is 4. The standard InChI is InChI=1S/C32H48O4/c1-6-15-32(5,16-9-10-28(33)7-2)30-14-11-24(22-36-23(30)4)17-25-18-26(20-29(19-25)35-8-3)21-31(34)27-12-13-27/h18-20,24,27H,6-17,21-22H2,1-5H3. The van der Waals surface area contributed by atoms with Gasteiger partial charge in [0.05, 0.1) is 19.0 Å². The van der Waals surface area contributed by atoms with E-state index in [2.05, 4.69) is 32.9 Å². The van der Waals surface area contributed by atoms with Gasteiger partial charge in [-0.05, 0) is 105 Å². The van der Waals surface area contributed by atoms with E-state index in [0.29, 0.717) is 43.4 Å². The summed E-state index contributed by atoms with van der Waals surface area (Å²) in [7, 11) is 0. The summed E-state index contributed by atoms with van der Waals surface area (Å²) in [6.45, 7) is 12.1. The molecular formula is C32H48O4. The summed E-state index contributed by atoms with van der Waals surface area (Å²) >= 11 is 0. The molecule has 1 saturated carbocycles. The van der Waals surface area contributed by atoms with Crippen molar-refractivity contribution < 1.29 is 19.1 Å². The SMILES string of the molecule is CCCC(C)(CCCC(=O)CC)C1=C(C)OCC(Cc2cc(CC(=O)C3CC3)cc(OCC)c2)CC1. The molecule has 1 fully saturated rings. The molecule has 0 radical (unpaired) electrons. The maximum Gasteiger partial charge on any atom is 0.140 e. The van der Waals surface area contributed by atoms with Crippen molar-refractivity contribution >= 4 is 11.6 Å². The number of carbonyl (C=O) groups is 2. The van der Waals surface area contributed by atoms with Crippen molar-refractivity contribution in [3.05, 3.63) is 40.7 Å². The van der Waals surface area contributed by atoms with Gasteiger partial charge >= 0.3 is 0 Å². The Labute approximate surface area is 219 Å². The van der Waals surface area contributed by atoms with Crippen LogP contribution in [-0.2, 0) is 27.2 Å². The summed E-state index contributed by atoms with van der Waals surface area (Å²) in [5.74, 6) is 3.40. The van der Waals surface area contributed by atoms with Crippen LogP contribution in [0.3, 0.4) is 0 Å². The average molecular weight is 497 g/mol. The van der Waals surface area contributed by atoms with E-state index >= 15 is 0 Å². The first-order valence-electron chi connectivity index (χ1n) is 14.4. The molecule has 0 spiro atoms. The zero-order chi connectivity index (χ0) is 26.1. The minimum Gasteiger partial charge on any atom is -0.498 e. The zero-order valence-corrected chi connectivity index (χ0v) is 23.4. The number of carbonyl (C=O) groups excluding carboxylic acids is 2. The summed E-state index contributed by atoms with van der Waals surface area (Å²) in [5.41, 5.74) is 3.86. The Morgan fingerprint density at radius 1 is 1.06 bits per heavy atom. The van der Waals surface area contributed by atoms with Crippen molar-refractivity contribution in [2.24, 2.45) is 17.3 Å². The van der Waals surface area contributed by atoms with Crippen LogP contribution >= 0.6 is 0 Å². The number of benzene rings is 1. The normalized spacial score (nSPS) is 19.9. The summed E-state index contributed by atoms with van der Waals surface area (Å²) < 4.78 is 12.2. The Bertz CT molecular complexity index is 926. The summed E-state index contributed by atoms with van der Waals surface area (Å²) in [6, 6.07) is 6.40.